The fourth-order valence-corrected chi connectivity index (χ4v) is 1.85. The highest BCUT2D eigenvalue weighted by molar-refractivity contribution is 9.10. The highest BCUT2D eigenvalue weighted by atomic mass is 79.9. The molecule has 1 aromatic carbocycles. The molecule has 1 rings (SSSR count). The summed E-state index contributed by atoms with van der Waals surface area (Å²) in [6.45, 7) is 2.09. The van der Waals surface area contributed by atoms with Crippen LogP contribution in [0.25, 0.3) is 0 Å². The van der Waals surface area contributed by atoms with E-state index in [0.717, 1.165) is 22.9 Å². The van der Waals surface area contributed by atoms with Crippen molar-refractivity contribution in [3.05, 3.63) is 28.2 Å². The zero-order valence-electron chi connectivity index (χ0n) is 10.7. The third-order valence-electron chi connectivity index (χ3n) is 2.67. The molecule has 0 saturated heterocycles. The summed E-state index contributed by atoms with van der Waals surface area (Å²) in [6.07, 6.45) is 1.71. The highest BCUT2D eigenvalue weighted by Crippen LogP contribution is 2.24. The number of likely N-dealkylation sites (N-methyl/N-ethyl adjacent to an activating group) is 1. The molecule has 1 aromatic rings. The number of halogens is 1. The monoisotopic (exact) mass is 314 g/mol. The van der Waals surface area contributed by atoms with Gasteiger partial charge in [-0.05, 0) is 36.6 Å². The first-order valence-corrected chi connectivity index (χ1v) is 6.73. The smallest absolute Gasteiger partial charge is 0.257 e. The van der Waals surface area contributed by atoms with E-state index >= 15 is 0 Å². The van der Waals surface area contributed by atoms with Crippen LogP contribution in [-0.4, -0.2) is 25.6 Å². The lowest BCUT2D eigenvalue weighted by atomic mass is 10.0. The summed E-state index contributed by atoms with van der Waals surface area (Å²) in [4.78, 5) is 11.1. The number of ether oxygens (including phenoxy) is 1. The summed E-state index contributed by atoms with van der Waals surface area (Å²) in [5.41, 5.74) is 7.04. The molecule has 0 heterocycles. The van der Waals surface area contributed by atoms with E-state index < -0.39 is 0 Å². The molecule has 3 N–H and O–H groups in total. The van der Waals surface area contributed by atoms with Crippen molar-refractivity contribution >= 4 is 21.8 Å². The number of nitrogens with one attached hydrogen (secondary N) is 1. The van der Waals surface area contributed by atoms with Crippen molar-refractivity contribution < 1.29 is 9.53 Å². The summed E-state index contributed by atoms with van der Waals surface area (Å²) in [5, 5.41) is 2.51. The number of carbonyl (C=O) groups is 1. The molecular weight excluding hydrogens is 296 g/mol. The predicted octanol–water partition coefficient (Wildman–Crippen LogP) is 1.85. The van der Waals surface area contributed by atoms with Gasteiger partial charge in [0.05, 0.1) is 0 Å². The highest BCUT2D eigenvalue weighted by Gasteiger charge is 2.08. The maximum absolute atomic E-state index is 11.1. The Morgan fingerprint density at radius 1 is 1.56 bits per heavy atom. The Hall–Kier alpha value is -1.07. The molecule has 0 aliphatic heterocycles. The van der Waals surface area contributed by atoms with Crippen molar-refractivity contribution in [1.29, 1.82) is 0 Å². The molecule has 100 valence electrons. The number of amides is 1. The first kappa shape index (κ1) is 15.0. The van der Waals surface area contributed by atoms with Crippen LogP contribution in [-0.2, 0) is 11.2 Å². The summed E-state index contributed by atoms with van der Waals surface area (Å²) < 4.78 is 6.41. The number of benzene rings is 1. The Balaban J connectivity index is 2.71. The van der Waals surface area contributed by atoms with Gasteiger partial charge in [-0.15, -0.1) is 0 Å². The van der Waals surface area contributed by atoms with Gasteiger partial charge in [-0.25, -0.2) is 0 Å². The summed E-state index contributed by atoms with van der Waals surface area (Å²) >= 11 is 3.49. The van der Waals surface area contributed by atoms with Crippen molar-refractivity contribution in [3.63, 3.8) is 0 Å². The fraction of sp³-hybridized carbons (Fsp3) is 0.462. The van der Waals surface area contributed by atoms with Crippen LogP contribution in [0.1, 0.15) is 18.9 Å². The normalized spacial score (nSPS) is 12.0. The van der Waals surface area contributed by atoms with Gasteiger partial charge in [0.2, 0.25) is 0 Å². The van der Waals surface area contributed by atoms with Gasteiger partial charge in [-0.3, -0.25) is 4.79 Å². The second-order valence-corrected chi connectivity index (χ2v) is 4.94. The zero-order chi connectivity index (χ0) is 13.5. The average Bonchev–Trinajstić information content (AvgIpc) is 2.38. The second kappa shape index (κ2) is 7.38. The molecule has 5 heteroatoms. The topological polar surface area (TPSA) is 64.3 Å². The van der Waals surface area contributed by atoms with Crippen LogP contribution in [0.15, 0.2) is 22.7 Å². The molecule has 0 fully saturated rings. The van der Waals surface area contributed by atoms with Gasteiger partial charge in [-0.1, -0.05) is 22.9 Å². The van der Waals surface area contributed by atoms with Crippen LogP contribution < -0.4 is 15.8 Å². The maximum Gasteiger partial charge on any atom is 0.257 e. The van der Waals surface area contributed by atoms with Crippen LogP contribution in [0.2, 0.25) is 0 Å². The van der Waals surface area contributed by atoms with Crippen molar-refractivity contribution in [2.24, 2.45) is 5.73 Å². The number of nitrogens with two attached hydrogens (primary N) is 1. The first-order chi connectivity index (χ1) is 8.56. The Labute approximate surface area is 116 Å². The van der Waals surface area contributed by atoms with E-state index in [1.807, 2.05) is 18.2 Å². The van der Waals surface area contributed by atoms with Gasteiger partial charge in [-0.2, -0.15) is 0 Å². The van der Waals surface area contributed by atoms with Gasteiger partial charge >= 0.3 is 0 Å². The van der Waals surface area contributed by atoms with E-state index in [1.165, 1.54) is 0 Å². The molecule has 18 heavy (non-hydrogen) atoms. The summed E-state index contributed by atoms with van der Waals surface area (Å²) in [7, 11) is 1.58. The molecule has 0 spiro atoms. The van der Waals surface area contributed by atoms with Gasteiger partial charge < -0.3 is 15.8 Å². The van der Waals surface area contributed by atoms with E-state index in [2.05, 4.69) is 28.2 Å². The van der Waals surface area contributed by atoms with Crippen molar-refractivity contribution in [2.75, 3.05) is 13.7 Å². The lowest BCUT2D eigenvalue weighted by Gasteiger charge is -2.12. The molecule has 0 aliphatic rings. The van der Waals surface area contributed by atoms with E-state index in [9.17, 15) is 4.79 Å². The Morgan fingerprint density at radius 3 is 2.89 bits per heavy atom. The van der Waals surface area contributed by atoms with Gasteiger partial charge in [0.15, 0.2) is 6.61 Å². The van der Waals surface area contributed by atoms with Crippen LogP contribution in [0, 0.1) is 0 Å². The zero-order valence-corrected chi connectivity index (χ0v) is 12.3. The van der Waals surface area contributed by atoms with Crippen molar-refractivity contribution in [1.82, 2.24) is 5.32 Å². The minimum atomic E-state index is -0.148. The van der Waals surface area contributed by atoms with E-state index in [4.69, 9.17) is 10.5 Å². The van der Waals surface area contributed by atoms with Gasteiger partial charge in [0.25, 0.3) is 5.91 Å². The maximum atomic E-state index is 11.1. The van der Waals surface area contributed by atoms with E-state index in [0.29, 0.717) is 5.75 Å². The molecule has 0 bridgehead atoms. The van der Waals surface area contributed by atoms with Crippen LogP contribution in [0.5, 0.6) is 5.75 Å². The minimum Gasteiger partial charge on any atom is -0.484 e. The van der Waals surface area contributed by atoms with Crippen molar-refractivity contribution in [2.45, 2.75) is 25.8 Å². The largest absolute Gasteiger partial charge is 0.484 e. The Bertz CT molecular complexity index is 410. The number of rotatable bonds is 6. The first-order valence-electron chi connectivity index (χ1n) is 5.94. The molecule has 0 radical (unpaired) electrons. The third-order valence-corrected chi connectivity index (χ3v) is 3.45. The van der Waals surface area contributed by atoms with Crippen LogP contribution in [0.3, 0.4) is 0 Å². The van der Waals surface area contributed by atoms with E-state index in [-0.39, 0.29) is 18.6 Å². The lowest BCUT2D eigenvalue weighted by molar-refractivity contribution is -0.122. The Morgan fingerprint density at radius 2 is 2.28 bits per heavy atom. The standard InChI is InChI=1S/C13H19BrN2O2/c1-3-10(15)6-9-7-11(4-5-12(9)14)18-8-13(17)16-2/h4-5,7,10H,3,6,8,15H2,1-2H3,(H,16,17). The number of hydrogen-bond donors (Lipinski definition) is 2. The molecular formula is C13H19BrN2O2. The van der Waals surface area contributed by atoms with Crippen LogP contribution in [0.4, 0.5) is 0 Å². The molecule has 0 aromatic heterocycles. The Kier molecular flexibility index (Phi) is 6.15. The minimum absolute atomic E-state index is 0.0252. The quantitative estimate of drug-likeness (QED) is 0.842. The number of hydrogen-bond acceptors (Lipinski definition) is 3. The van der Waals surface area contributed by atoms with E-state index in [1.54, 1.807) is 7.05 Å². The number of carbonyl (C=O) groups excluding carboxylic acids is 1. The van der Waals surface area contributed by atoms with Crippen molar-refractivity contribution in [3.8, 4) is 5.75 Å². The predicted molar refractivity (Wildman–Crippen MR) is 75.7 cm³/mol. The molecule has 0 aliphatic carbocycles. The average molecular weight is 315 g/mol. The summed E-state index contributed by atoms with van der Waals surface area (Å²) in [6, 6.07) is 5.79. The van der Waals surface area contributed by atoms with Gasteiger partial charge in [0, 0.05) is 17.6 Å². The second-order valence-electron chi connectivity index (χ2n) is 4.09. The molecule has 1 unspecified atom stereocenters. The van der Waals surface area contributed by atoms with Gasteiger partial charge in [0.1, 0.15) is 5.75 Å². The third kappa shape index (κ3) is 4.66. The van der Waals surface area contributed by atoms with Crippen LogP contribution >= 0.6 is 15.9 Å². The summed E-state index contributed by atoms with van der Waals surface area (Å²) in [5.74, 6) is 0.532. The SMILES string of the molecule is CCC(N)Cc1cc(OCC(=O)NC)ccc1Br. The molecule has 4 nitrogen and oxygen atoms in total. The molecule has 0 saturated carbocycles. The fourth-order valence-electron chi connectivity index (χ4n) is 1.45. The lowest BCUT2D eigenvalue weighted by Crippen LogP contribution is -2.25. The molecule has 1 atom stereocenters. The molecule has 1 amide bonds.